The molecule has 1 saturated heterocycles. The van der Waals surface area contributed by atoms with Crippen molar-refractivity contribution < 1.29 is 13.2 Å². The van der Waals surface area contributed by atoms with Crippen LogP contribution in [0.3, 0.4) is 0 Å². The Bertz CT molecular complexity index is 503. The van der Waals surface area contributed by atoms with Crippen LogP contribution < -0.4 is 10.6 Å². The van der Waals surface area contributed by atoms with Crippen LogP contribution in [-0.2, 0) is 6.18 Å². The molecule has 3 nitrogen and oxygen atoms in total. The van der Waals surface area contributed by atoms with Crippen molar-refractivity contribution in [1.29, 1.82) is 5.41 Å². The van der Waals surface area contributed by atoms with Gasteiger partial charge in [0.15, 0.2) is 0 Å². The average Bonchev–Trinajstić information content (AvgIpc) is 2.38. The number of halogens is 3. The number of nitrogens with zero attached hydrogens (tertiary/aromatic N) is 1. The molecule has 0 spiro atoms. The Hall–Kier alpha value is -1.72. The van der Waals surface area contributed by atoms with Crippen molar-refractivity contribution in [3.05, 3.63) is 29.3 Å². The molecule has 6 heteroatoms. The van der Waals surface area contributed by atoms with Crippen LogP contribution in [0.25, 0.3) is 0 Å². The lowest BCUT2D eigenvalue weighted by Crippen LogP contribution is -2.34. The predicted octanol–water partition coefficient (Wildman–Crippen LogP) is 3.23. The number of benzene rings is 1. The highest BCUT2D eigenvalue weighted by atomic mass is 19.4. The summed E-state index contributed by atoms with van der Waals surface area (Å²) in [5.74, 6) is 0.297. The minimum atomic E-state index is -4.42. The second kappa shape index (κ2) is 5.34. The summed E-state index contributed by atoms with van der Waals surface area (Å²) in [6, 6.07) is 3.45. The van der Waals surface area contributed by atoms with Gasteiger partial charge in [0.2, 0.25) is 0 Å². The smallest absolute Gasteiger partial charge is 0.384 e. The van der Waals surface area contributed by atoms with E-state index in [0.717, 1.165) is 38.1 Å². The fourth-order valence-corrected chi connectivity index (χ4v) is 2.45. The van der Waals surface area contributed by atoms with E-state index in [1.807, 2.05) is 4.90 Å². The van der Waals surface area contributed by atoms with Crippen LogP contribution in [-0.4, -0.2) is 18.9 Å². The Balaban J connectivity index is 2.36. The third kappa shape index (κ3) is 3.05. The van der Waals surface area contributed by atoms with Crippen LogP contribution in [0.4, 0.5) is 18.9 Å². The summed E-state index contributed by atoms with van der Waals surface area (Å²) in [5, 5.41) is 7.52. The molecule has 0 atom stereocenters. The van der Waals surface area contributed by atoms with Gasteiger partial charge in [-0.15, -0.1) is 0 Å². The Labute approximate surface area is 116 Å². The van der Waals surface area contributed by atoms with Gasteiger partial charge in [-0.25, -0.2) is 0 Å². The Morgan fingerprint density at radius 1 is 1.30 bits per heavy atom. The van der Waals surface area contributed by atoms with Crippen LogP contribution in [0, 0.1) is 11.3 Å². The van der Waals surface area contributed by atoms with Crippen molar-refractivity contribution in [2.75, 3.05) is 18.0 Å². The maximum atomic E-state index is 12.7. The van der Waals surface area contributed by atoms with Crippen LogP contribution in [0.15, 0.2) is 18.2 Å². The van der Waals surface area contributed by atoms with Crippen LogP contribution in [0.5, 0.6) is 0 Å². The van der Waals surface area contributed by atoms with Gasteiger partial charge in [-0.3, -0.25) is 5.41 Å². The van der Waals surface area contributed by atoms with E-state index in [-0.39, 0.29) is 11.4 Å². The minimum absolute atomic E-state index is 0.161. The molecule has 0 aliphatic carbocycles. The number of hydrogen-bond donors (Lipinski definition) is 2. The topological polar surface area (TPSA) is 53.1 Å². The van der Waals surface area contributed by atoms with E-state index in [1.54, 1.807) is 0 Å². The van der Waals surface area contributed by atoms with Gasteiger partial charge >= 0.3 is 6.18 Å². The number of hydrogen-bond acceptors (Lipinski definition) is 2. The molecule has 1 heterocycles. The molecule has 1 aromatic carbocycles. The van der Waals surface area contributed by atoms with Crippen molar-refractivity contribution in [3.63, 3.8) is 0 Å². The maximum absolute atomic E-state index is 12.7. The van der Waals surface area contributed by atoms with E-state index in [0.29, 0.717) is 11.6 Å². The van der Waals surface area contributed by atoms with Crippen molar-refractivity contribution in [1.82, 2.24) is 0 Å². The van der Waals surface area contributed by atoms with E-state index < -0.39 is 11.7 Å². The van der Waals surface area contributed by atoms with Crippen molar-refractivity contribution in [3.8, 4) is 0 Å². The highest BCUT2D eigenvalue weighted by Gasteiger charge is 2.32. The quantitative estimate of drug-likeness (QED) is 0.647. The van der Waals surface area contributed by atoms with Crippen LogP contribution in [0.2, 0.25) is 0 Å². The summed E-state index contributed by atoms with van der Waals surface area (Å²) in [6.45, 7) is 3.73. The lowest BCUT2D eigenvalue weighted by atomic mass is 9.97. The van der Waals surface area contributed by atoms with E-state index >= 15 is 0 Å². The maximum Gasteiger partial charge on any atom is 0.416 e. The van der Waals surface area contributed by atoms with E-state index in [9.17, 15) is 13.2 Å². The van der Waals surface area contributed by atoms with Crippen LogP contribution >= 0.6 is 0 Å². The fourth-order valence-electron chi connectivity index (χ4n) is 2.45. The third-order valence-corrected chi connectivity index (χ3v) is 3.74. The first-order valence-electron chi connectivity index (χ1n) is 6.59. The molecule has 20 heavy (non-hydrogen) atoms. The normalized spacial score (nSPS) is 17.3. The molecule has 0 radical (unpaired) electrons. The zero-order chi connectivity index (χ0) is 14.9. The molecular weight excluding hydrogens is 267 g/mol. The number of rotatable bonds is 2. The van der Waals surface area contributed by atoms with Gasteiger partial charge in [0.1, 0.15) is 5.84 Å². The highest BCUT2D eigenvalue weighted by molar-refractivity contribution is 6.00. The zero-order valence-corrected chi connectivity index (χ0v) is 11.3. The molecule has 1 aromatic rings. The lowest BCUT2D eigenvalue weighted by molar-refractivity contribution is -0.137. The molecule has 0 unspecified atom stereocenters. The third-order valence-electron chi connectivity index (χ3n) is 3.74. The first-order valence-corrected chi connectivity index (χ1v) is 6.59. The number of amidine groups is 1. The predicted molar refractivity (Wildman–Crippen MR) is 73.1 cm³/mol. The number of piperidine rings is 1. The Kier molecular flexibility index (Phi) is 3.92. The van der Waals surface area contributed by atoms with E-state index in [1.165, 1.54) is 6.07 Å². The van der Waals surface area contributed by atoms with Gasteiger partial charge in [-0.1, -0.05) is 6.92 Å². The summed E-state index contributed by atoms with van der Waals surface area (Å²) >= 11 is 0. The summed E-state index contributed by atoms with van der Waals surface area (Å²) in [4.78, 5) is 2.01. The van der Waals surface area contributed by atoms with Gasteiger partial charge < -0.3 is 10.6 Å². The van der Waals surface area contributed by atoms with Crippen molar-refractivity contribution >= 4 is 11.5 Å². The lowest BCUT2D eigenvalue weighted by Gasteiger charge is -2.33. The molecule has 1 aliphatic heterocycles. The molecule has 0 saturated carbocycles. The second-order valence-corrected chi connectivity index (χ2v) is 5.31. The van der Waals surface area contributed by atoms with Gasteiger partial charge in [-0.2, -0.15) is 13.2 Å². The molecule has 0 aromatic heterocycles. The average molecular weight is 285 g/mol. The molecule has 0 amide bonds. The van der Waals surface area contributed by atoms with Gasteiger partial charge in [-0.05, 0) is 37.0 Å². The molecule has 1 aliphatic rings. The summed E-state index contributed by atoms with van der Waals surface area (Å²) in [7, 11) is 0. The monoisotopic (exact) mass is 285 g/mol. The zero-order valence-electron chi connectivity index (χ0n) is 11.3. The molecule has 3 N–H and O–H groups in total. The second-order valence-electron chi connectivity index (χ2n) is 5.31. The minimum Gasteiger partial charge on any atom is -0.384 e. The molecular formula is C14H18F3N3. The van der Waals surface area contributed by atoms with Crippen LogP contribution in [0.1, 0.15) is 30.9 Å². The van der Waals surface area contributed by atoms with E-state index in [4.69, 9.17) is 11.1 Å². The van der Waals surface area contributed by atoms with Gasteiger partial charge in [0, 0.05) is 24.3 Å². The van der Waals surface area contributed by atoms with Gasteiger partial charge in [0.25, 0.3) is 0 Å². The Morgan fingerprint density at radius 3 is 2.40 bits per heavy atom. The fraction of sp³-hybridized carbons (Fsp3) is 0.500. The number of alkyl halides is 3. The molecule has 2 rings (SSSR count). The molecule has 110 valence electrons. The first-order chi connectivity index (χ1) is 9.29. The van der Waals surface area contributed by atoms with Gasteiger partial charge in [0.05, 0.1) is 5.56 Å². The standard InChI is InChI=1S/C14H18F3N3/c1-9-4-6-20(7-5-9)12-3-2-10(14(15,16)17)8-11(12)13(18)19/h2-3,8-9H,4-7H2,1H3,(H3,18,19). The summed E-state index contributed by atoms with van der Waals surface area (Å²) < 4.78 is 38.2. The number of anilines is 1. The highest BCUT2D eigenvalue weighted by Crippen LogP contribution is 2.34. The first kappa shape index (κ1) is 14.7. The Morgan fingerprint density at radius 2 is 1.90 bits per heavy atom. The number of nitrogens with two attached hydrogens (primary N) is 1. The van der Waals surface area contributed by atoms with Crippen molar-refractivity contribution in [2.24, 2.45) is 11.7 Å². The SMILES string of the molecule is CC1CCN(c2ccc(C(F)(F)F)cc2C(=N)N)CC1. The molecule has 1 fully saturated rings. The van der Waals surface area contributed by atoms with Crippen molar-refractivity contribution in [2.45, 2.75) is 25.9 Å². The number of nitrogen functional groups attached to an aromatic ring is 1. The summed E-state index contributed by atoms with van der Waals surface area (Å²) in [6.07, 6.45) is -2.42. The molecule has 0 bridgehead atoms. The largest absolute Gasteiger partial charge is 0.416 e. The summed E-state index contributed by atoms with van der Waals surface area (Å²) in [5.41, 5.74) is 5.47. The van der Waals surface area contributed by atoms with E-state index in [2.05, 4.69) is 6.92 Å². The number of nitrogens with one attached hydrogen (secondary N) is 1.